The van der Waals surface area contributed by atoms with Gasteiger partial charge in [0.1, 0.15) is 5.01 Å². The van der Waals surface area contributed by atoms with Gasteiger partial charge in [-0.1, -0.05) is 29.0 Å². The van der Waals surface area contributed by atoms with Gasteiger partial charge in [-0.2, -0.15) is 0 Å². The van der Waals surface area contributed by atoms with Gasteiger partial charge in [-0.15, -0.1) is 10.2 Å². The fourth-order valence-electron chi connectivity index (χ4n) is 2.41. The third-order valence-electron chi connectivity index (χ3n) is 3.53. The van der Waals surface area contributed by atoms with E-state index in [1.165, 1.54) is 11.3 Å². The van der Waals surface area contributed by atoms with E-state index in [1.54, 1.807) is 24.3 Å². The number of halogens is 1. The Balaban J connectivity index is 1.53. The van der Waals surface area contributed by atoms with Gasteiger partial charge in [0.15, 0.2) is 0 Å². The monoisotopic (exact) mass is 365 g/mol. The highest BCUT2D eigenvalue weighted by molar-refractivity contribution is 7.15. The van der Waals surface area contributed by atoms with Gasteiger partial charge in [-0.05, 0) is 31.0 Å². The lowest BCUT2D eigenvalue weighted by Crippen LogP contribution is -2.28. The fourth-order valence-corrected chi connectivity index (χ4v) is 3.33. The minimum absolute atomic E-state index is 0.0542. The van der Waals surface area contributed by atoms with Crippen molar-refractivity contribution >= 4 is 45.7 Å². The fraction of sp³-hybridized carbons (Fsp3) is 0.333. The molecule has 0 saturated carbocycles. The molecule has 9 heteroatoms. The summed E-state index contributed by atoms with van der Waals surface area (Å²) in [6, 6.07) is 6.39. The summed E-state index contributed by atoms with van der Waals surface area (Å²) in [6.45, 7) is 1.62. The van der Waals surface area contributed by atoms with E-state index in [2.05, 4.69) is 20.8 Å². The molecule has 7 nitrogen and oxygen atoms in total. The first-order valence-electron chi connectivity index (χ1n) is 7.54. The molecule has 1 aliphatic heterocycles. The van der Waals surface area contributed by atoms with Crippen LogP contribution < -0.4 is 10.6 Å². The molecule has 3 rings (SSSR count). The summed E-state index contributed by atoms with van der Waals surface area (Å²) in [4.78, 5) is 25.8. The number of nitrogens with zero attached hydrogens (tertiary/aromatic N) is 3. The SMILES string of the molecule is O=C(Nc1cccc(Cl)c1)Nc1nnc(CC(=O)N2CCCC2)s1. The first-order chi connectivity index (χ1) is 11.6. The van der Waals surface area contributed by atoms with Crippen LogP contribution in [0.2, 0.25) is 5.02 Å². The lowest BCUT2D eigenvalue weighted by Gasteiger charge is -2.13. The molecule has 126 valence electrons. The van der Waals surface area contributed by atoms with E-state index in [9.17, 15) is 9.59 Å². The van der Waals surface area contributed by atoms with Crippen molar-refractivity contribution in [1.29, 1.82) is 0 Å². The molecule has 3 amide bonds. The first kappa shape index (κ1) is 16.7. The van der Waals surface area contributed by atoms with Crippen LogP contribution in [0, 0.1) is 0 Å². The van der Waals surface area contributed by atoms with E-state index in [4.69, 9.17) is 11.6 Å². The number of hydrogen-bond acceptors (Lipinski definition) is 5. The second-order valence-corrected chi connectivity index (χ2v) is 6.85. The smallest absolute Gasteiger partial charge is 0.325 e. The van der Waals surface area contributed by atoms with Gasteiger partial charge in [-0.25, -0.2) is 4.79 Å². The highest BCUT2D eigenvalue weighted by atomic mass is 35.5. The maximum Gasteiger partial charge on any atom is 0.325 e. The lowest BCUT2D eigenvalue weighted by atomic mass is 10.3. The number of carbonyl (C=O) groups excluding carboxylic acids is 2. The molecule has 0 bridgehead atoms. The molecule has 2 N–H and O–H groups in total. The molecular formula is C15H16ClN5O2S. The van der Waals surface area contributed by atoms with Crippen molar-refractivity contribution in [2.45, 2.75) is 19.3 Å². The average molecular weight is 366 g/mol. The average Bonchev–Trinajstić information content (AvgIpc) is 3.19. The first-order valence-corrected chi connectivity index (χ1v) is 8.73. The number of nitrogens with one attached hydrogen (secondary N) is 2. The maximum absolute atomic E-state index is 12.1. The Labute approximate surface area is 148 Å². The van der Waals surface area contributed by atoms with Crippen LogP contribution in [0.25, 0.3) is 0 Å². The molecule has 1 aromatic carbocycles. The number of urea groups is 1. The largest absolute Gasteiger partial charge is 0.342 e. The summed E-state index contributed by atoms with van der Waals surface area (Å²) in [5.74, 6) is 0.0542. The number of anilines is 2. The molecule has 24 heavy (non-hydrogen) atoms. The summed E-state index contributed by atoms with van der Waals surface area (Å²) in [5, 5.41) is 14.6. The van der Waals surface area contributed by atoms with Crippen LogP contribution in [0.5, 0.6) is 0 Å². The van der Waals surface area contributed by atoms with E-state index in [0.29, 0.717) is 20.8 Å². The van der Waals surface area contributed by atoms with Crippen LogP contribution in [0.4, 0.5) is 15.6 Å². The summed E-state index contributed by atoms with van der Waals surface area (Å²) in [7, 11) is 0. The van der Waals surface area contributed by atoms with Gasteiger partial charge in [0, 0.05) is 23.8 Å². The number of aromatic nitrogens is 2. The highest BCUT2D eigenvalue weighted by Crippen LogP contribution is 2.19. The van der Waals surface area contributed by atoms with E-state index < -0.39 is 6.03 Å². The zero-order chi connectivity index (χ0) is 16.9. The van der Waals surface area contributed by atoms with Crippen molar-refractivity contribution in [3.8, 4) is 0 Å². The van der Waals surface area contributed by atoms with Crippen LogP contribution in [0.3, 0.4) is 0 Å². The van der Waals surface area contributed by atoms with Crippen LogP contribution in [-0.2, 0) is 11.2 Å². The van der Waals surface area contributed by atoms with E-state index in [0.717, 1.165) is 25.9 Å². The zero-order valence-corrected chi connectivity index (χ0v) is 14.4. The van der Waals surface area contributed by atoms with Gasteiger partial charge < -0.3 is 10.2 Å². The second-order valence-electron chi connectivity index (χ2n) is 5.36. The van der Waals surface area contributed by atoms with Crippen molar-refractivity contribution in [2.75, 3.05) is 23.7 Å². The number of benzene rings is 1. The minimum atomic E-state index is -0.439. The Morgan fingerprint density at radius 1 is 1.21 bits per heavy atom. The number of rotatable bonds is 4. The molecule has 1 fully saturated rings. The Hall–Kier alpha value is -2.19. The molecule has 2 heterocycles. The standard InChI is InChI=1S/C15H16ClN5O2S/c16-10-4-3-5-11(8-10)17-14(23)18-15-20-19-12(24-15)9-13(22)21-6-1-2-7-21/h3-5,8H,1-2,6-7,9H2,(H2,17,18,20,23). The lowest BCUT2D eigenvalue weighted by molar-refractivity contribution is -0.129. The molecule has 0 spiro atoms. The van der Waals surface area contributed by atoms with Gasteiger partial charge in [0.2, 0.25) is 11.0 Å². The molecule has 1 saturated heterocycles. The molecule has 2 aromatic rings. The Morgan fingerprint density at radius 2 is 2.00 bits per heavy atom. The maximum atomic E-state index is 12.1. The van der Waals surface area contributed by atoms with Gasteiger partial charge in [0.25, 0.3) is 0 Å². The highest BCUT2D eigenvalue weighted by Gasteiger charge is 2.20. The topological polar surface area (TPSA) is 87.2 Å². The van der Waals surface area contributed by atoms with E-state index in [-0.39, 0.29) is 12.3 Å². The van der Waals surface area contributed by atoms with Crippen LogP contribution in [0.1, 0.15) is 17.8 Å². The van der Waals surface area contributed by atoms with Crippen molar-refractivity contribution in [2.24, 2.45) is 0 Å². The van der Waals surface area contributed by atoms with Crippen molar-refractivity contribution in [3.63, 3.8) is 0 Å². The molecule has 1 aromatic heterocycles. The Bertz CT molecular complexity index is 745. The number of hydrogen-bond donors (Lipinski definition) is 2. The Morgan fingerprint density at radius 3 is 2.75 bits per heavy atom. The molecule has 0 radical (unpaired) electrons. The third kappa shape index (κ3) is 4.42. The predicted octanol–water partition coefficient (Wildman–Crippen LogP) is 3.00. The van der Waals surface area contributed by atoms with Crippen LogP contribution in [-0.4, -0.2) is 40.1 Å². The molecule has 0 atom stereocenters. The van der Waals surface area contributed by atoms with Crippen LogP contribution >= 0.6 is 22.9 Å². The zero-order valence-electron chi connectivity index (χ0n) is 12.8. The summed E-state index contributed by atoms with van der Waals surface area (Å²) < 4.78 is 0. The van der Waals surface area contributed by atoms with Crippen molar-refractivity contribution in [3.05, 3.63) is 34.3 Å². The third-order valence-corrected chi connectivity index (χ3v) is 4.60. The van der Waals surface area contributed by atoms with Gasteiger partial charge in [-0.3, -0.25) is 10.1 Å². The van der Waals surface area contributed by atoms with E-state index in [1.807, 2.05) is 4.90 Å². The number of carbonyl (C=O) groups is 2. The van der Waals surface area contributed by atoms with E-state index >= 15 is 0 Å². The minimum Gasteiger partial charge on any atom is -0.342 e. The molecule has 0 unspecified atom stereocenters. The van der Waals surface area contributed by atoms with Gasteiger partial charge >= 0.3 is 6.03 Å². The molecule has 0 aliphatic carbocycles. The summed E-state index contributed by atoms with van der Waals surface area (Å²) in [6.07, 6.45) is 2.33. The predicted molar refractivity (Wildman–Crippen MR) is 93.5 cm³/mol. The quantitative estimate of drug-likeness (QED) is 0.871. The molecular weight excluding hydrogens is 350 g/mol. The van der Waals surface area contributed by atoms with Crippen molar-refractivity contribution in [1.82, 2.24) is 15.1 Å². The van der Waals surface area contributed by atoms with Crippen LogP contribution in [0.15, 0.2) is 24.3 Å². The normalized spacial score (nSPS) is 13.8. The number of amides is 3. The summed E-state index contributed by atoms with van der Waals surface area (Å²) in [5.41, 5.74) is 0.578. The summed E-state index contributed by atoms with van der Waals surface area (Å²) >= 11 is 7.06. The molecule has 1 aliphatic rings. The van der Waals surface area contributed by atoms with Gasteiger partial charge in [0.05, 0.1) is 6.42 Å². The van der Waals surface area contributed by atoms with Crippen molar-refractivity contribution < 1.29 is 9.59 Å². The second kappa shape index (κ2) is 7.59. The number of likely N-dealkylation sites (tertiary alicyclic amines) is 1. The Kier molecular flexibility index (Phi) is 5.27.